The van der Waals surface area contributed by atoms with Gasteiger partial charge in [0.05, 0.1) is 0 Å². The van der Waals surface area contributed by atoms with Crippen LogP contribution in [0.2, 0.25) is 0 Å². The van der Waals surface area contributed by atoms with Gasteiger partial charge in [-0.05, 0) is 52.9 Å². The molecule has 0 aliphatic rings. The lowest BCUT2D eigenvalue weighted by Gasteiger charge is -2.12. The molecule has 3 aromatic rings. The molecule has 0 bridgehead atoms. The first-order chi connectivity index (χ1) is 13.2. The number of aryl methyl sites for hydroxylation is 1. The third-order valence-corrected chi connectivity index (χ3v) is 4.28. The van der Waals surface area contributed by atoms with E-state index < -0.39 is 5.97 Å². The molecule has 2 nitrogen and oxygen atoms in total. The van der Waals surface area contributed by atoms with Crippen molar-refractivity contribution < 1.29 is 9.90 Å². The standard InChI is InChI=1S/C25H20O2/c1-2-21-10-6-7-11-23(21)24(18-25(26)27)22-16-14-20(15-17-22)13-12-19-8-4-3-5-9-19/h3-11,14-18H,2H2,1H3,(H,26,27). The van der Waals surface area contributed by atoms with Crippen molar-refractivity contribution >= 4 is 11.5 Å². The number of carbonyl (C=O) groups is 1. The van der Waals surface area contributed by atoms with Gasteiger partial charge in [0.2, 0.25) is 0 Å². The molecule has 0 aliphatic carbocycles. The van der Waals surface area contributed by atoms with Crippen LogP contribution in [-0.2, 0) is 11.2 Å². The van der Waals surface area contributed by atoms with E-state index in [0.29, 0.717) is 5.57 Å². The van der Waals surface area contributed by atoms with Crippen LogP contribution >= 0.6 is 0 Å². The van der Waals surface area contributed by atoms with Crippen LogP contribution in [0.25, 0.3) is 5.57 Å². The second-order valence-electron chi connectivity index (χ2n) is 6.10. The Morgan fingerprint density at radius 1 is 0.852 bits per heavy atom. The minimum atomic E-state index is -0.955. The fraction of sp³-hybridized carbons (Fsp3) is 0.0800. The van der Waals surface area contributed by atoms with Crippen molar-refractivity contribution in [2.45, 2.75) is 13.3 Å². The Morgan fingerprint density at radius 3 is 2.07 bits per heavy atom. The van der Waals surface area contributed by atoms with Crippen LogP contribution in [-0.4, -0.2) is 11.1 Å². The summed E-state index contributed by atoms with van der Waals surface area (Å²) in [5.41, 5.74) is 5.50. The lowest BCUT2D eigenvalue weighted by molar-refractivity contribution is -0.131. The monoisotopic (exact) mass is 352 g/mol. The number of benzene rings is 3. The highest BCUT2D eigenvalue weighted by molar-refractivity contribution is 5.96. The van der Waals surface area contributed by atoms with Crippen LogP contribution in [0.4, 0.5) is 0 Å². The minimum Gasteiger partial charge on any atom is -0.478 e. The Hall–Kier alpha value is -3.57. The largest absolute Gasteiger partial charge is 0.478 e. The van der Waals surface area contributed by atoms with Crippen molar-refractivity contribution in [3.05, 3.63) is 113 Å². The molecule has 2 heteroatoms. The molecule has 3 rings (SSSR count). The zero-order valence-electron chi connectivity index (χ0n) is 15.1. The molecule has 132 valence electrons. The normalized spacial score (nSPS) is 10.8. The number of aliphatic carboxylic acids is 1. The maximum atomic E-state index is 11.4. The Morgan fingerprint density at radius 2 is 1.44 bits per heavy atom. The van der Waals surface area contributed by atoms with Gasteiger partial charge in [0.1, 0.15) is 0 Å². The summed E-state index contributed by atoms with van der Waals surface area (Å²) in [6.07, 6.45) is 2.12. The highest BCUT2D eigenvalue weighted by Crippen LogP contribution is 2.27. The third kappa shape index (κ3) is 4.74. The fourth-order valence-corrected chi connectivity index (χ4v) is 2.93. The topological polar surface area (TPSA) is 37.3 Å². The number of carboxylic acids is 1. The van der Waals surface area contributed by atoms with Gasteiger partial charge < -0.3 is 5.11 Å². The molecule has 0 heterocycles. The number of hydrogen-bond donors (Lipinski definition) is 1. The molecule has 1 N–H and O–H groups in total. The van der Waals surface area contributed by atoms with Gasteiger partial charge in [-0.3, -0.25) is 0 Å². The average molecular weight is 352 g/mol. The molecule has 0 aromatic heterocycles. The van der Waals surface area contributed by atoms with Gasteiger partial charge in [-0.1, -0.05) is 73.4 Å². The molecule has 0 amide bonds. The van der Waals surface area contributed by atoms with E-state index in [0.717, 1.165) is 34.2 Å². The Bertz CT molecular complexity index is 1020. The number of hydrogen-bond acceptors (Lipinski definition) is 1. The van der Waals surface area contributed by atoms with Gasteiger partial charge in [-0.15, -0.1) is 0 Å². The Kier molecular flexibility index (Phi) is 5.87. The molecule has 3 aromatic carbocycles. The van der Waals surface area contributed by atoms with E-state index in [1.165, 1.54) is 6.08 Å². The lowest BCUT2D eigenvalue weighted by Crippen LogP contribution is -1.98. The highest BCUT2D eigenvalue weighted by Gasteiger charge is 2.10. The van der Waals surface area contributed by atoms with Crippen molar-refractivity contribution in [1.82, 2.24) is 0 Å². The van der Waals surface area contributed by atoms with Crippen LogP contribution < -0.4 is 0 Å². The summed E-state index contributed by atoms with van der Waals surface area (Å²) in [5.74, 6) is 5.32. The van der Waals surface area contributed by atoms with Crippen molar-refractivity contribution in [3.8, 4) is 11.8 Å². The molecule has 0 aliphatic heterocycles. The summed E-state index contributed by atoms with van der Waals surface area (Å²) < 4.78 is 0. The Balaban J connectivity index is 1.95. The second-order valence-corrected chi connectivity index (χ2v) is 6.10. The molecule has 0 spiro atoms. The number of carboxylic acid groups (broad SMARTS) is 1. The first-order valence-corrected chi connectivity index (χ1v) is 8.88. The lowest BCUT2D eigenvalue weighted by atomic mass is 9.92. The molecule has 0 unspecified atom stereocenters. The van der Waals surface area contributed by atoms with E-state index in [9.17, 15) is 9.90 Å². The van der Waals surface area contributed by atoms with Crippen LogP contribution in [0.15, 0.2) is 84.9 Å². The smallest absolute Gasteiger partial charge is 0.328 e. The third-order valence-electron chi connectivity index (χ3n) is 4.28. The van der Waals surface area contributed by atoms with Crippen molar-refractivity contribution in [1.29, 1.82) is 0 Å². The van der Waals surface area contributed by atoms with Crippen molar-refractivity contribution in [2.75, 3.05) is 0 Å². The second kappa shape index (κ2) is 8.69. The predicted molar refractivity (Wildman–Crippen MR) is 109 cm³/mol. The maximum absolute atomic E-state index is 11.4. The molecule has 27 heavy (non-hydrogen) atoms. The SMILES string of the molecule is CCc1ccccc1C(=CC(=O)O)c1ccc(C#Cc2ccccc2)cc1. The molecular formula is C25H20O2. The van der Waals surface area contributed by atoms with Crippen LogP contribution in [0.1, 0.15) is 34.7 Å². The van der Waals surface area contributed by atoms with Gasteiger partial charge in [0, 0.05) is 17.2 Å². The first kappa shape index (κ1) is 18.2. The summed E-state index contributed by atoms with van der Waals surface area (Å²) in [7, 11) is 0. The van der Waals surface area contributed by atoms with E-state index in [2.05, 4.69) is 18.8 Å². The molecule has 0 saturated heterocycles. The van der Waals surface area contributed by atoms with Crippen LogP contribution in [0, 0.1) is 11.8 Å². The van der Waals surface area contributed by atoms with E-state index >= 15 is 0 Å². The van der Waals surface area contributed by atoms with Crippen molar-refractivity contribution in [2.24, 2.45) is 0 Å². The Labute approximate surface area is 159 Å². The first-order valence-electron chi connectivity index (χ1n) is 8.88. The summed E-state index contributed by atoms with van der Waals surface area (Å²) in [5, 5.41) is 9.34. The molecular weight excluding hydrogens is 332 g/mol. The van der Waals surface area contributed by atoms with Gasteiger partial charge in [0.15, 0.2) is 0 Å². The van der Waals surface area contributed by atoms with Gasteiger partial charge >= 0.3 is 5.97 Å². The summed E-state index contributed by atoms with van der Waals surface area (Å²) in [6.45, 7) is 2.07. The van der Waals surface area contributed by atoms with E-state index in [1.807, 2.05) is 78.9 Å². The van der Waals surface area contributed by atoms with Gasteiger partial charge in [0.25, 0.3) is 0 Å². The molecule has 0 radical (unpaired) electrons. The highest BCUT2D eigenvalue weighted by atomic mass is 16.4. The molecule has 0 saturated carbocycles. The zero-order valence-corrected chi connectivity index (χ0v) is 15.1. The van der Waals surface area contributed by atoms with Crippen molar-refractivity contribution in [3.63, 3.8) is 0 Å². The minimum absolute atomic E-state index is 0.711. The molecule has 0 fully saturated rings. The van der Waals surface area contributed by atoms with E-state index in [-0.39, 0.29) is 0 Å². The van der Waals surface area contributed by atoms with E-state index in [4.69, 9.17) is 0 Å². The van der Waals surface area contributed by atoms with E-state index in [1.54, 1.807) is 0 Å². The van der Waals surface area contributed by atoms with Crippen LogP contribution in [0.3, 0.4) is 0 Å². The summed E-state index contributed by atoms with van der Waals surface area (Å²) in [6, 6.07) is 25.4. The van der Waals surface area contributed by atoms with Crippen LogP contribution in [0.5, 0.6) is 0 Å². The molecule has 0 atom stereocenters. The summed E-state index contributed by atoms with van der Waals surface area (Å²) in [4.78, 5) is 11.4. The fourth-order valence-electron chi connectivity index (χ4n) is 2.93. The summed E-state index contributed by atoms with van der Waals surface area (Å²) >= 11 is 0. The predicted octanol–water partition coefficient (Wildman–Crippen LogP) is 5.17. The van der Waals surface area contributed by atoms with Gasteiger partial charge in [-0.25, -0.2) is 4.79 Å². The zero-order chi connectivity index (χ0) is 19.1. The van der Waals surface area contributed by atoms with Gasteiger partial charge in [-0.2, -0.15) is 0 Å². The average Bonchev–Trinajstić information content (AvgIpc) is 2.71. The maximum Gasteiger partial charge on any atom is 0.328 e. The number of rotatable bonds is 4. The quantitative estimate of drug-likeness (QED) is 0.520.